The Hall–Kier alpha value is -1.95. The van der Waals surface area contributed by atoms with E-state index < -0.39 is 17.1 Å². The Balaban J connectivity index is 1.79. The van der Waals surface area contributed by atoms with E-state index in [1.54, 1.807) is 23.3 Å². The molecular weight excluding hydrogens is 348 g/mol. The van der Waals surface area contributed by atoms with Crippen LogP contribution in [0.25, 0.3) is 0 Å². The van der Waals surface area contributed by atoms with E-state index in [0.29, 0.717) is 12.8 Å². The summed E-state index contributed by atoms with van der Waals surface area (Å²) in [5.74, 6) is -0.602. The van der Waals surface area contributed by atoms with Crippen LogP contribution in [0.15, 0.2) is 42.1 Å². The molecule has 1 fully saturated rings. The quantitative estimate of drug-likeness (QED) is 0.802. The van der Waals surface area contributed by atoms with Crippen molar-refractivity contribution in [2.75, 3.05) is 0 Å². The molecule has 0 amide bonds. The number of hydrogen-bond acceptors (Lipinski definition) is 3. The summed E-state index contributed by atoms with van der Waals surface area (Å²) < 4.78 is 32.7. The molecule has 25 heavy (non-hydrogen) atoms. The second-order valence-electron chi connectivity index (χ2n) is 6.75. The lowest BCUT2D eigenvalue weighted by Crippen LogP contribution is -2.56. The Morgan fingerprint density at radius 1 is 1.24 bits per heavy atom. The summed E-state index contributed by atoms with van der Waals surface area (Å²) in [7, 11) is 0. The summed E-state index contributed by atoms with van der Waals surface area (Å²) in [5, 5.41) is 4.29. The monoisotopic (exact) mass is 365 g/mol. The van der Waals surface area contributed by atoms with Crippen LogP contribution in [0.4, 0.5) is 8.78 Å². The summed E-state index contributed by atoms with van der Waals surface area (Å²) in [6.45, 7) is -0.0199. The number of imidazole rings is 1. The molecule has 2 heterocycles. The van der Waals surface area contributed by atoms with Crippen LogP contribution < -0.4 is 0 Å². The number of rotatable bonds is 3. The number of oxime groups is 1. The van der Waals surface area contributed by atoms with Gasteiger partial charge in [0.25, 0.3) is 0 Å². The van der Waals surface area contributed by atoms with Crippen molar-refractivity contribution in [1.82, 2.24) is 9.55 Å². The highest BCUT2D eigenvalue weighted by atomic mass is 35.5. The zero-order valence-corrected chi connectivity index (χ0v) is 14.3. The van der Waals surface area contributed by atoms with Crippen LogP contribution >= 0.6 is 11.6 Å². The van der Waals surface area contributed by atoms with Gasteiger partial charge in [-0.05, 0) is 43.9 Å². The summed E-state index contributed by atoms with van der Waals surface area (Å²) in [5.41, 5.74) is -2.91. The maximum atomic E-state index is 16.5. The lowest BCUT2D eigenvalue weighted by Gasteiger charge is -2.40. The van der Waals surface area contributed by atoms with Gasteiger partial charge in [-0.2, -0.15) is 0 Å². The van der Waals surface area contributed by atoms with Crippen LogP contribution in [0.2, 0.25) is 5.02 Å². The Morgan fingerprint density at radius 3 is 2.72 bits per heavy atom. The molecule has 7 heteroatoms. The molecule has 2 aromatic rings. The first kappa shape index (κ1) is 16.5. The Bertz CT molecular complexity index is 803. The van der Waals surface area contributed by atoms with Crippen molar-refractivity contribution in [2.24, 2.45) is 5.16 Å². The summed E-state index contributed by atoms with van der Waals surface area (Å²) in [6.07, 6.45) is 8.70. The van der Waals surface area contributed by atoms with Crippen molar-refractivity contribution in [3.8, 4) is 0 Å². The van der Waals surface area contributed by atoms with Gasteiger partial charge in [-0.3, -0.25) is 0 Å². The lowest BCUT2D eigenvalue weighted by molar-refractivity contribution is -0.120. The van der Waals surface area contributed by atoms with Crippen molar-refractivity contribution >= 4 is 17.3 Å². The number of halogens is 3. The highest BCUT2D eigenvalue weighted by Crippen LogP contribution is 2.49. The number of hydrogen-bond donors (Lipinski definition) is 0. The van der Waals surface area contributed by atoms with Gasteiger partial charge in [0.2, 0.25) is 5.67 Å². The summed E-state index contributed by atoms with van der Waals surface area (Å²) in [4.78, 5) is 9.66. The second-order valence-corrected chi connectivity index (χ2v) is 7.18. The largest absolute Gasteiger partial charge is 0.385 e. The highest BCUT2D eigenvalue weighted by Gasteiger charge is 2.63. The first-order valence-electron chi connectivity index (χ1n) is 8.41. The molecule has 0 saturated heterocycles. The van der Waals surface area contributed by atoms with Gasteiger partial charge in [0.1, 0.15) is 11.5 Å². The molecule has 1 aliphatic heterocycles. The highest BCUT2D eigenvalue weighted by molar-refractivity contribution is 6.30. The molecule has 1 unspecified atom stereocenters. The average molecular weight is 366 g/mol. The Kier molecular flexibility index (Phi) is 4.02. The van der Waals surface area contributed by atoms with Crippen molar-refractivity contribution < 1.29 is 13.6 Å². The number of nitrogens with zero attached hydrogens (tertiary/aromatic N) is 3. The number of benzene rings is 1. The van der Waals surface area contributed by atoms with Gasteiger partial charge in [-0.1, -0.05) is 23.2 Å². The molecule has 4 rings (SSSR count). The van der Waals surface area contributed by atoms with E-state index in [9.17, 15) is 4.39 Å². The molecule has 2 aliphatic rings. The van der Waals surface area contributed by atoms with Crippen LogP contribution in [0.1, 0.15) is 37.7 Å². The van der Waals surface area contributed by atoms with Crippen LogP contribution in [0.3, 0.4) is 0 Å². The minimum atomic E-state index is -1.94. The predicted molar refractivity (Wildman–Crippen MR) is 90.9 cm³/mol. The maximum absolute atomic E-state index is 16.5. The molecule has 0 N–H and O–H groups in total. The first-order chi connectivity index (χ1) is 12.0. The molecule has 132 valence electrons. The summed E-state index contributed by atoms with van der Waals surface area (Å²) >= 11 is 5.83. The molecule has 1 aliphatic carbocycles. The van der Waals surface area contributed by atoms with E-state index in [4.69, 9.17) is 16.4 Å². The zero-order chi connectivity index (χ0) is 17.5. The second kappa shape index (κ2) is 6.09. The molecule has 0 bridgehead atoms. The first-order valence-corrected chi connectivity index (χ1v) is 8.79. The van der Waals surface area contributed by atoms with E-state index in [2.05, 4.69) is 10.1 Å². The summed E-state index contributed by atoms with van der Waals surface area (Å²) in [6, 6.07) is 4.17. The fraction of sp³-hybridized carbons (Fsp3) is 0.444. The van der Waals surface area contributed by atoms with Gasteiger partial charge >= 0.3 is 0 Å². The molecule has 1 saturated carbocycles. The van der Waals surface area contributed by atoms with E-state index in [1.165, 1.54) is 18.2 Å². The smallest absolute Gasteiger partial charge is 0.216 e. The molecule has 1 atom stereocenters. The van der Waals surface area contributed by atoms with Crippen molar-refractivity contribution in [3.63, 3.8) is 0 Å². The van der Waals surface area contributed by atoms with Crippen molar-refractivity contribution in [2.45, 2.75) is 49.9 Å². The zero-order valence-electron chi connectivity index (χ0n) is 13.6. The standard InChI is InChI=1S/C18H18ClF2N3O/c19-13-4-5-14(15(20)10-13)16-18(21,11-24-9-8-22-12-24)17(25-23-16)6-2-1-3-7-17/h4-5,8-10,12H,1-3,6-7,11H2. The van der Waals surface area contributed by atoms with Gasteiger partial charge in [0.15, 0.2) is 5.60 Å². The lowest BCUT2D eigenvalue weighted by atomic mass is 9.70. The maximum Gasteiger partial charge on any atom is 0.216 e. The van der Waals surface area contributed by atoms with Gasteiger partial charge in [0, 0.05) is 23.0 Å². The van der Waals surface area contributed by atoms with Gasteiger partial charge in [-0.15, -0.1) is 0 Å². The topological polar surface area (TPSA) is 39.4 Å². The minimum Gasteiger partial charge on any atom is -0.385 e. The molecule has 0 radical (unpaired) electrons. The van der Waals surface area contributed by atoms with Crippen LogP contribution in [0, 0.1) is 5.82 Å². The fourth-order valence-corrected chi connectivity index (χ4v) is 4.06. The number of alkyl halides is 1. The predicted octanol–water partition coefficient (Wildman–Crippen LogP) is 4.52. The molecular formula is C18H18ClF2N3O. The van der Waals surface area contributed by atoms with E-state index in [-0.39, 0.29) is 22.8 Å². The third-order valence-electron chi connectivity index (χ3n) is 5.22. The molecule has 4 nitrogen and oxygen atoms in total. The van der Waals surface area contributed by atoms with Crippen molar-refractivity contribution in [1.29, 1.82) is 0 Å². The van der Waals surface area contributed by atoms with Crippen LogP contribution in [-0.2, 0) is 11.4 Å². The van der Waals surface area contributed by atoms with Crippen LogP contribution in [0.5, 0.6) is 0 Å². The van der Waals surface area contributed by atoms with Gasteiger partial charge in [-0.25, -0.2) is 13.8 Å². The molecule has 1 aromatic carbocycles. The molecule has 1 spiro atoms. The van der Waals surface area contributed by atoms with Crippen LogP contribution in [-0.4, -0.2) is 26.5 Å². The third kappa shape index (κ3) is 2.63. The Morgan fingerprint density at radius 2 is 2.04 bits per heavy atom. The Labute approximate surface area is 149 Å². The third-order valence-corrected chi connectivity index (χ3v) is 5.45. The van der Waals surface area contributed by atoms with E-state index in [1.807, 2.05) is 0 Å². The average Bonchev–Trinajstić information content (AvgIpc) is 3.18. The SMILES string of the molecule is Fc1cc(Cl)ccc1C1=NOC2(CCCCC2)C1(F)Cn1ccnc1. The molecule has 1 aromatic heterocycles. The van der Waals surface area contributed by atoms with Gasteiger partial charge < -0.3 is 9.40 Å². The van der Waals surface area contributed by atoms with Crippen molar-refractivity contribution in [3.05, 3.63) is 53.3 Å². The number of aromatic nitrogens is 2. The van der Waals surface area contributed by atoms with E-state index >= 15 is 4.39 Å². The minimum absolute atomic E-state index is 0.00253. The fourth-order valence-electron chi connectivity index (χ4n) is 3.90. The van der Waals surface area contributed by atoms with E-state index in [0.717, 1.165) is 19.3 Å². The normalized spacial score (nSPS) is 25.0. The van der Waals surface area contributed by atoms with Gasteiger partial charge in [0.05, 0.1) is 12.9 Å².